The monoisotopic (exact) mass is 409 g/mol. The van der Waals surface area contributed by atoms with Gasteiger partial charge in [0.25, 0.3) is 0 Å². The number of amides is 1. The Morgan fingerprint density at radius 3 is 3.00 bits per heavy atom. The molecule has 2 heterocycles. The fourth-order valence-corrected chi connectivity index (χ4v) is 4.93. The number of carbonyl (C=O) groups excluding carboxylic acids is 1. The third-order valence-electron chi connectivity index (χ3n) is 5.24. The Bertz CT molecular complexity index is 938. The van der Waals surface area contributed by atoms with Crippen molar-refractivity contribution in [3.05, 3.63) is 59.1 Å². The number of likely N-dealkylation sites (tertiary alicyclic amines) is 1. The molecule has 5 nitrogen and oxygen atoms in total. The first-order chi connectivity index (χ1) is 14.2. The Hall–Kier alpha value is -2.44. The van der Waals surface area contributed by atoms with Crippen molar-refractivity contribution in [2.45, 2.75) is 32.2 Å². The number of fused-ring (bicyclic) bond motifs is 1. The molecule has 1 amide bonds. The van der Waals surface area contributed by atoms with E-state index in [9.17, 15) is 4.79 Å². The van der Waals surface area contributed by atoms with Crippen LogP contribution in [0.1, 0.15) is 35.9 Å². The molecule has 6 heteroatoms. The quantitative estimate of drug-likeness (QED) is 0.590. The second-order valence-electron chi connectivity index (χ2n) is 7.52. The van der Waals surface area contributed by atoms with Gasteiger partial charge in [0.2, 0.25) is 5.91 Å². The van der Waals surface area contributed by atoms with Crippen molar-refractivity contribution in [3.63, 3.8) is 0 Å². The summed E-state index contributed by atoms with van der Waals surface area (Å²) >= 11 is 1.75. The van der Waals surface area contributed by atoms with E-state index in [1.54, 1.807) is 11.3 Å². The molecule has 1 aromatic heterocycles. The number of ether oxygens (including phenoxy) is 1. The third-order valence-corrected chi connectivity index (χ3v) is 6.38. The van der Waals surface area contributed by atoms with Crippen LogP contribution in [0, 0.1) is 6.92 Å². The number of carbonyl (C=O) groups is 1. The summed E-state index contributed by atoms with van der Waals surface area (Å²) in [5.41, 5.74) is 2.22. The van der Waals surface area contributed by atoms with E-state index in [4.69, 9.17) is 9.72 Å². The van der Waals surface area contributed by atoms with Crippen molar-refractivity contribution in [1.29, 1.82) is 0 Å². The number of thiazole rings is 1. The average Bonchev–Trinajstić information content (AvgIpc) is 3.16. The molecule has 2 aromatic carbocycles. The van der Waals surface area contributed by atoms with Crippen molar-refractivity contribution in [1.82, 2.24) is 15.2 Å². The van der Waals surface area contributed by atoms with E-state index in [2.05, 4.69) is 28.4 Å². The van der Waals surface area contributed by atoms with Crippen molar-refractivity contribution in [2.24, 2.45) is 0 Å². The number of nitrogens with zero attached hydrogens (tertiary/aromatic N) is 2. The van der Waals surface area contributed by atoms with Crippen molar-refractivity contribution >= 4 is 27.5 Å². The maximum atomic E-state index is 12.5. The number of hydrogen-bond acceptors (Lipinski definition) is 5. The predicted octanol–water partition coefficient (Wildman–Crippen LogP) is 4.33. The number of rotatable bonds is 7. The van der Waals surface area contributed by atoms with Crippen molar-refractivity contribution in [3.8, 4) is 5.75 Å². The van der Waals surface area contributed by atoms with Crippen LogP contribution < -0.4 is 10.1 Å². The number of nitrogens with one attached hydrogen (secondary N) is 1. The van der Waals surface area contributed by atoms with E-state index in [0.717, 1.165) is 41.2 Å². The van der Waals surface area contributed by atoms with Gasteiger partial charge in [-0.15, -0.1) is 11.3 Å². The summed E-state index contributed by atoms with van der Waals surface area (Å²) in [6.07, 6.45) is 3.37. The summed E-state index contributed by atoms with van der Waals surface area (Å²) in [5.74, 6) is 0.886. The summed E-state index contributed by atoms with van der Waals surface area (Å²) in [4.78, 5) is 19.6. The minimum atomic E-state index is 0.0471. The zero-order chi connectivity index (χ0) is 20.1. The molecule has 0 radical (unpaired) electrons. The standard InChI is InChI=1S/C23H27N3O2S/c1-17-7-6-8-18(15-17)28-14-12-24-22(27)16-26-13-5-4-10-20(26)23-25-19-9-2-3-11-21(19)29-23/h2-3,6-9,11,15,20H,4-5,10,12-14,16H2,1H3,(H,24,27)/t20-/m1/s1. The highest BCUT2D eigenvalue weighted by Crippen LogP contribution is 2.35. The molecule has 4 rings (SSSR count). The van der Waals surface area contributed by atoms with Crippen LogP contribution in [-0.4, -0.2) is 42.0 Å². The third kappa shape index (κ3) is 5.14. The molecule has 1 atom stereocenters. The molecular formula is C23H27N3O2S. The Labute approximate surface area is 175 Å². The molecular weight excluding hydrogens is 382 g/mol. The summed E-state index contributed by atoms with van der Waals surface area (Å²) < 4.78 is 6.93. The molecule has 0 aliphatic carbocycles. The lowest BCUT2D eigenvalue weighted by Crippen LogP contribution is -2.42. The number of piperidine rings is 1. The molecule has 0 unspecified atom stereocenters. The smallest absolute Gasteiger partial charge is 0.234 e. The van der Waals surface area contributed by atoms with Crippen LogP contribution in [0.2, 0.25) is 0 Å². The average molecular weight is 410 g/mol. The molecule has 1 N–H and O–H groups in total. The number of benzene rings is 2. The lowest BCUT2D eigenvalue weighted by molar-refractivity contribution is -0.123. The largest absolute Gasteiger partial charge is 0.492 e. The van der Waals surface area contributed by atoms with Gasteiger partial charge in [0, 0.05) is 0 Å². The van der Waals surface area contributed by atoms with E-state index < -0.39 is 0 Å². The van der Waals surface area contributed by atoms with Crippen LogP contribution in [0.5, 0.6) is 5.75 Å². The van der Waals surface area contributed by atoms with E-state index >= 15 is 0 Å². The van der Waals surface area contributed by atoms with E-state index in [1.807, 2.05) is 37.3 Å². The number of para-hydroxylation sites is 1. The van der Waals surface area contributed by atoms with Crippen molar-refractivity contribution < 1.29 is 9.53 Å². The Kier molecular flexibility index (Phi) is 6.42. The normalized spacial score (nSPS) is 17.3. The fraction of sp³-hybridized carbons (Fsp3) is 0.391. The SMILES string of the molecule is Cc1cccc(OCCNC(=O)CN2CCCC[C@@H]2c2nc3ccccc3s2)c1. The minimum absolute atomic E-state index is 0.0471. The van der Waals surface area contributed by atoms with Gasteiger partial charge in [0.15, 0.2) is 0 Å². The Balaban J connectivity index is 1.30. The Morgan fingerprint density at radius 2 is 2.14 bits per heavy atom. The van der Waals surface area contributed by atoms with Gasteiger partial charge in [-0.25, -0.2) is 4.98 Å². The van der Waals surface area contributed by atoms with Gasteiger partial charge < -0.3 is 10.1 Å². The Morgan fingerprint density at radius 1 is 1.24 bits per heavy atom. The minimum Gasteiger partial charge on any atom is -0.492 e. The molecule has 0 saturated carbocycles. The second-order valence-corrected chi connectivity index (χ2v) is 8.58. The summed E-state index contributed by atoms with van der Waals surface area (Å²) in [6.45, 7) is 4.36. The van der Waals surface area contributed by atoms with Crippen LogP contribution in [0.15, 0.2) is 48.5 Å². The molecule has 1 aliphatic rings. The first-order valence-corrected chi connectivity index (χ1v) is 11.1. The van der Waals surface area contributed by atoms with Crippen LogP contribution >= 0.6 is 11.3 Å². The molecule has 1 aliphatic heterocycles. The van der Waals surface area contributed by atoms with E-state index in [1.165, 1.54) is 11.1 Å². The highest BCUT2D eigenvalue weighted by Gasteiger charge is 2.28. The van der Waals surface area contributed by atoms with Crippen LogP contribution in [-0.2, 0) is 4.79 Å². The molecule has 0 spiro atoms. The maximum Gasteiger partial charge on any atom is 0.234 e. The lowest BCUT2D eigenvalue weighted by atomic mass is 10.0. The lowest BCUT2D eigenvalue weighted by Gasteiger charge is -2.33. The van der Waals surface area contributed by atoms with Crippen molar-refractivity contribution in [2.75, 3.05) is 26.2 Å². The zero-order valence-corrected chi connectivity index (χ0v) is 17.6. The maximum absolute atomic E-state index is 12.5. The summed E-state index contributed by atoms with van der Waals surface area (Å²) in [6, 6.07) is 16.4. The van der Waals surface area contributed by atoms with Gasteiger partial charge in [-0.3, -0.25) is 9.69 Å². The van der Waals surface area contributed by atoms with Crippen LogP contribution in [0.3, 0.4) is 0 Å². The fourth-order valence-electron chi connectivity index (χ4n) is 3.80. The van der Waals surface area contributed by atoms with Gasteiger partial charge in [0.05, 0.1) is 29.3 Å². The van der Waals surface area contributed by atoms with Gasteiger partial charge in [-0.05, 0) is 56.1 Å². The van der Waals surface area contributed by atoms with Crippen LogP contribution in [0.25, 0.3) is 10.2 Å². The van der Waals surface area contributed by atoms with Gasteiger partial charge in [-0.1, -0.05) is 30.7 Å². The molecule has 1 fully saturated rings. The molecule has 152 valence electrons. The van der Waals surface area contributed by atoms with E-state index in [0.29, 0.717) is 19.7 Å². The second kappa shape index (κ2) is 9.37. The van der Waals surface area contributed by atoms with Gasteiger partial charge in [-0.2, -0.15) is 0 Å². The predicted molar refractivity (Wildman–Crippen MR) is 117 cm³/mol. The number of hydrogen-bond donors (Lipinski definition) is 1. The first-order valence-electron chi connectivity index (χ1n) is 10.2. The molecule has 29 heavy (non-hydrogen) atoms. The van der Waals surface area contributed by atoms with Gasteiger partial charge >= 0.3 is 0 Å². The summed E-state index contributed by atoms with van der Waals surface area (Å²) in [5, 5.41) is 4.12. The highest BCUT2D eigenvalue weighted by atomic mass is 32.1. The molecule has 0 bridgehead atoms. The summed E-state index contributed by atoms with van der Waals surface area (Å²) in [7, 11) is 0. The van der Waals surface area contributed by atoms with Crippen LogP contribution in [0.4, 0.5) is 0 Å². The topological polar surface area (TPSA) is 54.5 Å². The highest BCUT2D eigenvalue weighted by molar-refractivity contribution is 7.18. The zero-order valence-electron chi connectivity index (χ0n) is 16.8. The van der Waals surface area contributed by atoms with E-state index in [-0.39, 0.29) is 11.9 Å². The molecule has 1 saturated heterocycles. The first kappa shape index (κ1) is 19.9. The van der Waals surface area contributed by atoms with Gasteiger partial charge in [0.1, 0.15) is 17.4 Å². The molecule has 3 aromatic rings. The number of aryl methyl sites for hydroxylation is 1. The number of aromatic nitrogens is 1.